The largest absolute Gasteiger partial charge is 0.481 e. The second-order valence-electron chi connectivity index (χ2n) is 8.29. The molecular formula is C24H29F2N5O7. The van der Waals surface area contributed by atoms with Crippen molar-refractivity contribution >= 4 is 23.9 Å². The number of rotatable bonds is 11. The number of halogens is 2. The minimum atomic E-state index is -2.76. The number of carbonyl (C=O) groups excluding carboxylic acids is 3. The van der Waals surface area contributed by atoms with E-state index in [0.29, 0.717) is 5.69 Å². The minimum absolute atomic E-state index is 0.106. The zero-order valence-corrected chi connectivity index (χ0v) is 20.7. The van der Waals surface area contributed by atoms with Crippen molar-refractivity contribution in [2.45, 2.75) is 32.2 Å². The van der Waals surface area contributed by atoms with E-state index < -0.39 is 43.0 Å². The van der Waals surface area contributed by atoms with Gasteiger partial charge in [0.25, 0.3) is 12.3 Å². The molecule has 0 bridgehead atoms. The topological polar surface area (TPSA) is 143 Å². The number of nitrogens with zero attached hydrogens (tertiary/aromatic N) is 4. The lowest BCUT2D eigenvalue weighted by atomic mass is 10.1. The van der Waals surface area contributed by atoms with Crippen LogP contribution in [0.5, 0.6) is 5.88 Å². The van der Waals surface area contributed by atoms with Gasteiger partial charge in [0.05, 0.1) is 12.3 Å². The van der Waals surface area contributed by atoms with Crippen molar-refractivity contribution in [1.82, 2.24) is 24.9 Å². The second-order valence-corrected chi connectivity index (χ2v) is 8.29. The number of ether oxygens (including phenoxy) is 2. The fourth-order valence-corrected chi connectivity index (χ4v) is 3.78. The SMILES string of the molecule is CCOC(=O)N1CCN(C(=O)[C@H](CCC(=O)O)NC(=O)c2cc(OCC(F)F)n(-c3ccccc3)n2)CC1. The van der Waals surface area contributed by atoms with Gasteiger partial charge in [-0.1, -0.05) is 18.2 Å². The molecule has 1 saturated heterocycles. The molecule has 1 fully saturated rings. The van der Waals surface area contributed by atoms with Crippen molar-refractivity contribution < 1.29 is 42.5 Å². The Balaban J connectivity index is 1.75. The fourth-order valence-electron chi connectivity index (χ4n) is 3.78. The number of aliphatic carboxylic acids is 1. The normalized spacial score (nSPS) is 14.2. The number of carboxylic acid groups (broad SMARTS) is 1. The van der Waals surface area contributed by atoms with Crippen LogP contribution in [0.3, 0.4) is 0 Å². The van der Waals surface area contributed by atoms with Crippen molar-refractivity contribution in [3.05, 3.63) is 42.1 Å². The third-order valence-corrected chi connectivity index (χ3v) is 5.63. The highest BCUT2D eigenvalue weighted by Crippen LogP contribution is 2.21. The van der Waals surface area contributed by atoms with Crippen molar-refractivity contribution in [2.24, 2.45) is 0 Å². The first kappa shape index (κ1) is 28.3. The summed E-state index contributed by atoms with van der Waals surface area (Å²) in [6.07, 6.45) is -3.82. The molecule has 3 rings (SSSR count). The van der Waals surface area contributed by atoms with Crippen molar-refractivity contribution in [1.29, 1.82) is 0 Å². The quantitative estimate of drug-likeness (QED) is 0.442. The van der Waals surface area contributed by atoms with Gasteiger partial charge in [0.15, 0.2) is 12.3 Å². The molecule has 2 N–H and O–H groups in total. The number of nitrogens with one attached hydrogen (secondary N) is 1. The van der Waals surface area contributed by atoms with E-state index in [1.807, 2.05) is 0 Å². The molecule has 0 spiro atoms. The molecule has 1 aromatic heterocycles. The molecule has 1 atom stereocenters. The summed E-state index contributed by atoms with van der Waals surface area (Å²) in [4.78, 5) is 52.2. The first-order valence-electron chi connectivity index (χ1n) is 12.0. The molecule has 0 radical (unpaired) electrons. The van der Waals surface area contributed by atoms with Crippen LogP contribution in [0.2, 0.25) is 0 Å². The van der Waals surface area contributed by atoms with Gasteiger partial charge in [-0.25, -0.2) is 18.3 Å². The number of alkyl halides is 2. The molecule has 3 amide bonds. The molecule has 14 heteroatoms. The number of aromatic nitrogens is 2. The molecule has 1 aliphatic heterocycles. The van der Waals surface area contributed by atoms with E-state index in [-0.39, 0.29) is 57.2 Å². The third kappa shape index (κ3) is 7.63. The van der Waals surface area contributed by atoms with E-state index in [2.05, 4.69) is 10.4 Å². The molecule has 0 aliphatic carbocycles. The second kappa shape index (κ2) is 13.4. The van der Waals surface area contributed by atoms with Crippen molar-refractivity contribution in [3.63, 3.8) is 0 Å². The number of hydrogen-bond acceptors (Lipinski definition) is 7. The summed E-state index contributed by atoms with van der Waals surface area (Å²) in [6, 6.07) is 8.37. The molecule has 2 heterocycles. The van der Waals surface area contributed by atoms with Gasteiger partial charge in [-0.15, -0.1) is 0 Å². The van der Waals surface area contributed by atoms with Gasteiger partial charge in [0, 0.05) is 38.7 Å². The van der Waals surface area contributed by atoms with Gasteiger partial charge in [-0.2, -0.15) is 5.10 Å². The van der Waals surface area contributed by atoms with Crippen LogP contribution >= 0.6 is 0 Å². The van der Waals surface area contributed by atoms with Crippen LogP contribution in [0.15, 0.2) is 36.4 Å². The first-order valence-corrected chi connectivity index (χ1v) is 12.0. The zero-order valence-electron chi connectivity index (χ0n) is 20.7. The number of benzene rings is 1. The number of amides is 3. The Kier molecular flexibility index (Phi) is 9.96. The standard InChI is InChI=1S/C24H29F2N5O7/c1-2-37-24(36)30-12-10-29(11-13-30)23(35)17(8-9-21(32)33)27-22(34)18-14-20(38-15-19(25)26)31(28-18)16-6-4-3-5-7-16/h3-7,14,17,19H,2,8-13,15H2,1H3,(H,27,34)(H,32,33)/t17-/m0/s1. The Morgan fingerprint density at radius 2 is 1.74 bits per heavy atom. The number of carbonyl (C=O) groups is 4. The van der Waals surface area contributed by atoms with Gasteiger partial charge in [0.2, 0.25) is 11.8 Å². The lowest BCUT2D eigenvalue weighted by Gasteiger charge is -2.35. The van der Waals surface area contributed by atoms with E-state index in [4.69, 9.17) is 14.6 Å². The summed E-state index contributed by atoms with van der Waals surface area (Å²) in [5.41, 5.74) is 0.243. The third-order valence-electron chi connectivity index (χ3n) is 5.63. The van der Waals surface area contributed by atoms with Crippen LogP contribution in [0.1, 0.15) is 30.3 Å². The van der Waals surface area contributed by atoms with Crippen LogP contribution < -0.4 is 10.1 Å². The van der Waals surface area contributed by atoms with E-state index in [0.717, 1.165) is 0 Å². The summed E-state index contributed by atoms with van der Waals surface area (Å²) < 4.78 is 36.8. The fraction of sp³-hybridized carbons (Fsp3) is 0.458. The maximum absolute atomic E-state index is 13.2. The highest BCUT2D eigenvalue weighted by Gasteiger charge is 2.31. The molecule has 206 valence electrons. The Labute approximate surface area is 217 Å². The summed E-state index contributed by atoms with van der Waals surface area (Å²) in [5.74, 6) is -2.58. The zero-order chi connectivity index (χ0) is 27.7. The highest BCUT2D eigenvalue weighted by atomic mass is 19.3. The molecular weight excluding hydrogens is 508 g/mol. The molecule has 0 unspecified atom stereocenters. The van der Waals surface area contributed by atoms with Gasteiger partial charge in [-0.3, -0.25) is 14.4 Å². The summed E-state index contributed by atoms with van der Waals surface area (Å²) in [6.45, 7) is 1.77. The maximum atomic E-state index is 13.2. The van der Waals surface area contributed by atoms with Gasteiger partial charge >= 0.3 is 12.1 Å². The molecule has 1 aliphatic rings. The van der Waals surface area contributed by atoms with E-state index in [1.165, 1.54) is 20.5 Å². The molecule has 38 heavy (non-hydrogen) atoms. The predicted octanol–water partition coefficient (Wildman–Crippen LogP) is 1.78. The molecule has 0 saturated carbocycles. The lowest BCUT2D eigenvalue weighted by Crippen LogP contribution is -2.56. The van der Waals surface area contributed by atoms with Crippen LogP contribution in [0.4, 0.5) is 13.6 Å². The van der Waals surface area contributed by atoms with Crippen LogP contribution in [-0.4, -0.2) is 100 Å². The molecule has 1 aromatic carbocycles. The number of hydrogen-bond donors (Lipinski definition) is 2. The maximum Gasteiger partial charge on any atom is 0.409 e. The van der Waals surface area contributed by atoms with Crippen molar-refractivity contribution in [2.75, 3.05) is 39.4 Å². The Morgan fingerprint density at radius 3 is 2.34 bits per heavy atom. The average molecular weight is 538 g/mol. The average Bonchev–Trinajstić information content (AvgIpc) is 3.34. The highest BCUT2D eigenvalue weighted by molar-refractivity contribution is 5.96. The summed E-state index contributed by atoms with van der Waals surface area (Å²) in [5, 5.41) is 15.8. The van der Waals surface area contributed by atoms with Crippen LogP contribution in [0, 0.1) is 0 Å². The van der Waals surface area contributed by atoms with E-state index >= 15 is 0 Å². The smallest absolute Gasteiger partial charge is 0.409 e. The van der Waals surface area contributed by atoms with Crippen molar-refractivity contribution in [3.8, 4) is 11.6 Å². The Bertz CT molecular complexity index is 1120. The van der Waals surface area contributed by atoms with Crippen LogP contribution in [-0.2, 0) is 14.3 Å². The lowest BCUT2D eigenvalue weighted by molar-refractivity contribution is -0.138. The Hall–Kier alpha value is -4.23. The van der Waals surface area contributed by atoms with E-state index in [1.54, 1.807) is 37.3 Å². The molecule has 12 nitrogen and oxygen atoms in total. The summed E-state index contributed by atoms with van der Waals surface area (Å²) in [7, 11) is 0. The van der Waals surface area contributed by atoms with Gasteiger partial charge in [0.1, 0.15) is 6.04 Å². The summed E-state index contributed by atoms with van der Waals surface area (Å²) >= 11 is 0. The first-order chi connectivity index (χ1) is 18.2. The van der Waals surface area contributed by atoms with E-state index in [9.17, 15) is 28.0 Å². The van der Waals surface area contributed by atoms with Crippen LogP contribution in [0.25, 0.3) is 5.69 Å². The number of piperazine rings is 1. The predicted molar refractivity (Wildman–Crippen MR) is 128 cm³/mol. The number of carboxylic acids is 1. The van der Waals surface area contributed by atoms with Gasteiger partial charge < -0.3 is 29.7 Å². The number of para-hydroxylation sites is 1. The Morgan fingerprint density at radius 1 is 1.08 bits per heavy atom. The molecule has 2 aromatic rings. The van der Waals surface area contributed by atoms with Gasteiger partial charge in [-0.05, 0) is 25.5 Å². The minimum Gasteiger partial charge on any atom is -0.481 e. The monoisotopic (exact) mass is 537 g/mol.